The summed E-state index contributed by atoms with van der Waals surface area (Å²) in [5, 5.41) is 11.3. The van der Waals surface area contributed by atoms with Crippen molar-refractivity contribution in [2.45, 2.75) is 13.5 Å². The van der Waals surface area contributed by atoms with Gasteiger partial charge in [0.15, 0.2) is 0 Å². The number of hydrogen-bond acceptors (Lipinski definition) is 4. The summed E-state index contributed by atoms with van der Waals surface area (Å²) in [7, 11) is 0. The summed E-state index contributed by atoms with van der Waals surface area (Å²) in [5.41, 5.74) is 0.197. The van der Waals surface area contributed by atoms with E-state index in [-0.39, 0.29) is 22.8 Å². The number of carboxylic acid groups (broad SMARTS) is 1. The number of carbonyl (C=O) groups is 2. The molecule has 0 aliphatic rings. The summed E-state index contributed by atoms with van der Waals surface area (Å²) >= 11 is 0.554. The van der Waals surface area contributed by atoms with Crippen LogP contribution in [0.25, 0.3) is 0 Å². The molecule has 0 saturated heterocycles. The molecule has 8 heteroatoms. The molecule has 1 aromatic carbocycles. The maximum atomic E-state index is 13.4. The molecule has 0 unspecified atom stereocenters. The molecule has 21 heavy (non-hydrogen) atoms. The topological polar surface area (TPSA) is 88.4 Å². The minimum Gasteiger partial charge on any atom is -0.477 e. The molecule has 0 fully saturated rings. The summed E-state index contributed by atoms with van der Waals surface area (Å²) in [5.74, 6) is -2.42. The van der Waals surface area contributed by atoms with Gasteiger partial charge in [-0.25, -0.2) is 9.18 Å². The van der Waals surface area contributed by atoms with Crippen LogP contribution in [-0.2, 0) is 11.3 Å². The average Bonchev–Trinajstić information content (AvgIpc) is 2.69. The molecule has 2 rings (SSSR count). The first kappa shape index (κ1) is 14.9. The maximum absolute atomic E-state index is 13.4. The van der Waals surface area contributed by atoms with E-state index in [1.807, 2.05) is 0 Å². The summed E-state index contributed by atoms with van der Waals surface area (Å²) in [4.78, 5) is 33.8. The summed E-state index contributed by atoms with van der Waals surface area (Å²) < 4.78 is 14.4. The molecule has 0 bridgehead atoms. The predicted octanol–water partition coefficient (Wildman–Crippen LogP) is 1.69. The Labute approximate surface area is 122 Å². The molecule has 1 amide bonds. The van der Waals surface area contributed by atoms with E-state index < -0.39 is 22.6 Å². The van der Waals surface area contributed by atoms with Gasteiger partial charge < -0.3 is 10.4 Å². The van der Waals surface area contributed by atoms with Crippen molar-refractivity contribution >= 4 is 28.9 Å². The van der Waals surface area contributed by atoms with Gasteiger partial charge in [0.25, 0.3) is 0 Å². The second-order valence-electron chi connectivity index (χ2n) is 4.20. The molecule has 1 heterocycles. The van der Waals surface area contributed by atoms with Crippen LogP contribution in [-0.4, -0.2) is 21.6 Å². The fourth-order valence-electron chi connectivity index (χ4n) is 1.75. The lowest BCUT2D eigenvalue weighted by atomic mass is 10.3. The zero-order valence-corrected chi connectivity index (χ0v) is 11.7. The van der Waals surface area contributed by atoms with Crippen LogP contribution in [0.15, 0.2) is 29.1 Å². The van der Waals surface area contributed by atoms with Crippen molar-refractivity contribution < 1.29 is 19.1 Å². The third-order valence-corrected chi connectivity index (χ3v) is 3.86. The highest BCUT2D eigenvalue weighted by molar-refractivity contribution is 7.11. The van der Waals surface area contributed by atoms with Gasteiger partial charge in [-0.2, -0.15) is 0 Å². The summed E-state index contributed by atoms with van der Waals surface area (Å²) in [6.07, 6.45) is 0. The van der Waals surface area contributed by atoms with Crippen LogP contribution in [0.5, 0.6) is 0 Å². The highest BCUT2D eigenvalue weighted by Crippen LogP contribution is 2.14. The fourth-order valence-corrected chi connectivity index (χ4v) is 2.58. The van der Waals surface area contributed by atoms with Crippen LogP contribution in [0.1, 0.15) is 15.4 Å². The van der Waals surface area contributed by atoms with Gasteiger partial charge in [0.2, 0.25) is 5.91 Å². The first-order valence-corrected chi connectivity index (χ1v) is 6.69. The Morgan fingerprint density at radius 1 is 1.38 bits per heavy atom. The zero-order chi connectivity index (χ0) is 15.6. The lowest BCUT2D eigenvalue weighted by molar-refractivity contribution is -0.116. The van der Waals surface area contributed by atoms with E-state index in [0.717, 1.165) is 4.57 Å². The number of hydrogen-bond donors (Lipinski definition) is 2. The normalized spacial score (nSPS) is 10.4. The molecule has 0 atom stereocenters. The standard InChI is InChI=1S/C13H11FN2O4S/c1-7-11(12(18)19)21-13(20)16(7)6-10(17)15-9-5-3-2-4-8(9)14/h2-5H,6H2,1H3,(H,15,17)(H,18,19). The van der Waals surface area contributed by atoms with E-state index in [4.69, 9.17) is 5.11 Å². The van der Waals surface area contributed by atoms with Gasteiger partial charge in [0.1, 0.15) is 17.2 Å². The van der Waals surface area contributed by atoms with Crippen molar-refractivity contribution in [2.24, 2.45) is 0 Å². The first-order chi connectivity index (χ1) is 9.90. The van der Waals surface area contributed by atoms with Crippen molar-refractivity contribution in [1.82, 2.24) is 4.57 Å². The number of rotatable bonds is 4. The lowest BCUT2D eigenvalue weighted by Crippen LogP contribution is -2.25. The van der Waals surface area contributed by atoms with Gasteiger partial charge in [-0.3, -0.25) is 14.2 Å². The Morgan fingerprint density at radius 2 is 2.05 bits per heavy atom. The van der Waals surface area contributed by atoms with E-state index in [0.29, 0.717) is 11.3 Å². The highest BCUT2D eigenvalue weighted by Gasteiger charge is 2.18. The first-order valence-electron chi connectivity index (χ1n) is 5.88. The maximum Gasteiger partial charge on any atom is 0.347 e. The molecular formula is C13H11FN2O4S. The number of amides is 1. The number of thiazole rings is 1. The Kier molecular flexibility index (Phi) is 4.18. The Balaban J connectivity index is 2.19. The van der Waals surface area contributed by atoms with E-state index in [9.17, 15) is 18.8 Å². The molecule has 0 saturated carbocycles. The van der Waals surface area contributed by atoms with Crippen LogP contribution in [0, 0.1) is 12.7 Å². The minimum absolute atomic E-state index is 0.00175. The van der Waals surface area contributed by atoms with E-state index in [2.05, 4.69) is 5.32 Å². The number of para-hydroxylation sites is 1. The third-order valence-electron chi connectivity index (χ3n) is 2.79. The molecule has 0 aliphatic carbocycles. The summed E-state index contributed by atoms with van der Waals surface area (Å²) in [6.45, 7) is 1.07. The molecule has 6 nitrogen and oxygen atoms in total. The highest BCUT2D eigenvalue weighted by atomic mass is 32.1. The van der Waals surface area contributed by atoms with Crippen LogP contribution in [0.4, 0.5) is 10.1 Å². The van der Waals surface area contributed by atoms with E-state index in [1.54, 1.807) is 6.07 Å². The number of anilines is 1. The number of carbonyl (C=O) groups excluding carboxylic acids is 1. The fraction of sp³-hybridized carbons (Fsp3) is 0.154. The van der Waals surface area contributed by atoms with Crippen LogP contribution < -0.4 is 10.2 Å². The largest absolute Gasteiger partial charge is 0.477 e. The van der Waals surface area contributed by atoms with E-state index in [1.165, 1.54) is 25.1 Å². The number of benzene rings is 1. The zero-order valence-electron chi connectivity index (χ0n) is 10.9. The number of nitrogens with one attached hydrogen (secondary N) is 1. The number of aromatic carboxylic acids is 1. The van der Waals surface area contributed by atoms with Gasteiger partial charge in [0.05, 0.1) is 5.69 Å². The number of carboxylic acids is 1. The smallest absolute Gasteiger partial charge is 0.347 e. The van der Waals surface area contributed by atoms with Crippen LogP contribution in [0.2, 0.25) is 0 Å². The van der Waals surface area contributed by atoms with E-state index >= 15 is 0 Å². The van der Waals surface area contributed by atoms with Gasteiger partial charge in [-0.1, -0.05) is 23.5 Å². The minimum atomic E-state index is -1.22. The van der Waals surface area contributed by atoms with Crippen molar-refractivity contribution in [3.8, 4) is 0 Å². The van der Waals surface area contributed by atoms with Crippen molar-refractivity contribution in [2.75, 3.05) is 5.32 Å². The Hall–Kier alpha value is -2.48. The Bertz CT molecular complexity index is 766. The lowest BCUT2D eigenvalue weighted by Gasteiger charge is -2.07. The Morgan fingerprint density at radius 3 is 2.62 bits per heavy atom. The van der Waals surface area contributed by atoms with Gasteiger partial charge in [-0.05, 0) is 19.1 Å². The van der Waals surface area contributed by atoms with Crippen molar-refractivity contribution in [3.05, 3.63) is 50.3 Å². The van der Waals surface area contributed by atoms with Gasteiger partial charge >= 0.3 is 10.8 Å². The van der Waals surface area contributed by atoms with Gasteiger partial charge in [0, 0.05) is 5.69 Å². The van der Waals surface area contributed by atoms with Crippen molar-refractivity contribution in [3.63, 3.8) is 0 Å². The summed E-state index contributed by atoms with van der Waals surface area (Å²) in [6, 6.07) is 5.63. The molecule has 0 aliphatic heterocycles. The molecule has 2 aromatic rings. The molecule has 0 spiro atoms. The quantitative estimate of drug-likeness (QED) is 0.899. The van der Waals surface area contributed by atoms with Crippen molar-refractivity contribution in [1.29, 1.82) is 0 Å². The molecule has 1 aromatic heterocycles. The second kappa shape index (κ2) is 5.88. The van der Waals surface area contributed by atoms with Gasteiger partial charge in [-0.15, -0.1) is 0 Å². The molecule has 110 valence electrons. The predicted molar refractivity (Wildman–Crippen MR) is 75.3 cm³/mol. The molecular weight excluding hydrogens is 299 g/mol. The molecule has 0 radical (unpaired) electrons. The molecule has 2 N–H and O–H groups in total. The number of halogens is 1. The monoisotopic (exact) mass is 310 g/mol. The third kappa shape index (κ3) is 3.16. The second-order valence-corrected chi connectivity index (χ2v) is 5.16. The van der Waals surface area contributed by atoms with Crippen LogP contribution in [0.3, 0.4) is 0 Å². The van der Waals surface area contributed by atoms with Crippen LogP contribution >= 0.6 is 11.3 Å². The average molecular weight is 310 g/mol. The SMILES string of the molecule is Cc1c(C(=O)O)sc(=O)n1CC(=O)Nc1ccccc1F. The number of nitrogens with zero attached hydrogens (tertiary/aromatic N) is 1. The number of aromatic nitrogens is 1.